The Kier molecular flexibility index (Phi) is 6.98. The zero-order valence-corrected chi connectivity index (χ0v) is 20.8. The van der Waals surface area contributed by atoms with Gasteiger partial charge >= 0.3 is 5.97 Å². The highest BCUT2D eigenvalue weighted by Crippen LogP contribution is 2.37. The van der Waals surface area contributed by atoms with Crippen LogP contribution in [0.1, 0.15) is 24.0 Å². The molecule has 9 nitrogen and oxygen atoms in total. The molecule has 0 fully saturated rings. The van der Waals surface area contributed by atoms with Crippen LogP contribution < -0.4 is 35.7 Å². The predicted octanol–water partition coefficient (Wildman–Crippen LogP) is 0.880. The number of primary amides is 1. The number of carbonyl (C=O) groups excluding carboxylic acids is 2. The van der Waals surface area contributed by atoms with Gasteiger partial charge in [0.2, 0.25) is 5.91 Å². The van der Waals surface area contributed by atoms with Crippen LogP contribution in [0.2, 0.25) is 0 Å². The molecule has 2 aromatic carbocycles. The van der Waals surface area contributed by atoms with Crippen LogP contribution in [0.4, 0.5) is 0 Å². The summed E-state index contributed by atoms with van der Waals surface area (Å²) in [5.41, 5.74) is 13.2. The van der Waals surface area contributed by atoms with Crippen molar-refractivity contribution in [3.8, 4) is 11.5 Å². The molecule has 1 aliphatic heterocycles. The van der Waals surface area contributed by atoms with Crippen molar-refractivity contribution in [1.82, 2.24) is 4.57 Å². The summed E-state index contributed by atoms with van der Waals surface area (Å²) in [6.45, 7) is 1.74. The second kappa shape index (κ2) is 10.1. The van der Waals surface area contributed by atoms with E-state index in [9.17, 15) is 14.4 Å². The van der Waals surface area contributed by atoms with Crippen molar-refractivity contribution >= 4 is 40.7 Å². The number of hydrogen-bond acceptors (Lipinski definition) is 8. The zero-order chi connectivity index (χ0) is 26.0. The van der Waals surface area contributed by atoms with E-state index in [1.165, 1.54) is 7.11 Å². The topological polar surface area (TPSA) is 136 Å². The van der Waals surface area contributed by atoms with Gasteiger partial charge in [-0.15, -0.1) is 11.3 Å². The minimum absolute atomic E-state index is 0.0285. The lowest BCUT2D eigenvalue weighted by Gasteiger charge is -2.26. The second-order valence-electron chi connectivity index (χ2n) is 7.83. The molecule has 0 radical (unpaired) electrons. The number of methoxy groups -OCH3 is 2. The van der Waals surface area contributed by atoms with Gasteiger partial charge in [-0.05, 0) is 48.4 Å². The van der Waals surface area contributed by atoms with Gasteiger partial charge in [0.15, 0.2) is 0 Å². The zero-order valence-electron chi connectivity index (χ0n) is 19.9. The maximum Gasteiger partial charge on any atom is 0.338 e. The average Bonchev–Trinajstić information content (AvgIpc) is 3.19. The Balaban J connectivity index is 2.04. The van der Waals surface area contributed by atoms with E-state index in [1.54, 1.807) is 68.6 Å². The summed E-state index contributed by atoms with van der Waals surface area (Å²) in [6.07, 6.45) is 1.68. The number of rotatable bonds is 7. The lowest BCUT2D eigenvalue weighted by molar-refractivity contribution is -0.138. The maximum atomic E-state index is 13.4. The lowest BCUT2D eigenvalue weighted by Crippen LogP contribution is -2.42. The maximum absolute atomic E-state index is 13.4. The monoisotopic (exact) mass is 507 g/mol. The lowest BCUT2D eigenvalue weighted by atomic mass is 9.83. The van der Waals surface area contributed by atoms with Crippen molar-refractivity contribution in [2.24, 2.45) is 11.5 Å². The summed E-state index contributed by atoms with van der Waals surface area (Å²) in [7, 11) is 3.10. The van der Waals surface area contributed by atoms with Crippen molar-refractivity contribution < 1.29 is 23.8 Å². The molecular weight excluding hydrogens is 482 g/mol. The average molecular weight is 508 g/mol. The molecule has 1 unspecified atom stereocenters. The van der Waals surface area contributed by atoms with Gasteiger partial charge in [0.1, 0.15) is 22.0 Å². The third kappa shape index (κ3) is 4.38. The third-order valence-electron chi connectivity index (χ3n) is 5.77. The van der Waals surface area contributed by atoms with E-state index in [0.717, 1.165) is 21.5 Å². The molecule has 3 aromatic rings. The molecule has 0 saturated heterocycles. The quantitative estimate of drug-likeness (QED) is 0.453. The van der Waals surface area contributed by atoms with E-state index in [1.807, 2.05) is 0 Å². The van der Waals surface area contributed by atoms with E-state index in [2.05, 4.69) is 0 Å². The minimum Gasteiger partial charge on any atom is -0.497 e. The van der Waals surface area contributed by atoms with Crippen LogP contribution in [0.25, 0.3) is 17.5 Å². The largest absolute Gasteiger partial charge is 0.497 e. The summed E-state index contributed by atoms with van der Waals surface area (Å²) in [6, 6.07) is 14.0. The molecule has 2 heterocycles. The molecule has 1 aliphatic rings. The highest BCUT2D eigenvalue weighted by molar-refractivity contribution is 7.07. The van der Waals surface area contributed by atoms with Gasteiger partial charge in [-0.2, -0.15) is 0 Å². The van der Waals surface area contributed by atoms with E-state index in [-0.39, 0.29) is 28.2 Å². The summed E-state index contributed by atoms with van der Waals surface area (Å²) < 4.78 is 17.4. The van der Waals surface area contributed by atoms with E-state index >= 15 is 0 Å². The Morgan fingerprint density at radius 2 is 1.58 bits per heavy atom. The molecule has 1 amide bonds. The summed E-state index contributed by atoms with van der Waals surface area (Å²) in [5.74, 6) is -1.29. The van der Waals surface area contributed by atoms with Crippen LogP contribution in [-0.2, 0) is 14.3 Å². The highest BCUT2D eigenvalue weighted by atomic mass is 32.1. The first-order valence-corrected chi connectivity index (χ1v) is 11.8. The number of aromatic nitrogens is 1. The fraction of sp³-hybridized carbons (Fsp3) is 0.192. The Hall–Kier alpha value is -4.31. The van der Waals surface area contributed by atoms with Crippen molar-refractivity contribution in [2.75, 3.05) is 20.8 Å². The van der Waals surface area contributed by atoms with Crippen LogP contribution >= 0.6 is 11.3 Å². The SMILES string of the molecule is CCOC(=O)C1=C(N)n2c(sc(=Cc3ccc(OC)cc3)c2=O)=C(C(N)=O)C1c1ccc(OC)cc1. The first kappa shape index (κ1) is 24.8. The van der Waals surface area contributed by atoms with Crippen LogP contribution in [-0.4, -0.2) is 37.3 Å². The number of carbonyl (C=O) groups is 2. The third-order valence-corrected chi connectivity index (χ3v) is 6.88. The number of fused-ring (bicyclic) bond motifs is 1. The van der Waals surface area contributed by atoms with Crippen LogP contribution in [0, 0.1) is 0 Å². The minimum atomic E-state index is -0.931. The van der Waals surface area contributed by atoms with Gasteiger partial charge < -0.3 is 25.7 Å². The smallest absolute Gasteiger partial charge is 0.338 e. The summed E-state index contributed by atoms with van der Waals surface area (Å²) in [5, 5.41) is 0. The molecule has 0 aliphatic carbocycles. The number of esters is 1. The van der Waals surface area contributed by atoms with Gasteiger partial charge in [0.25, 0.3) is 5.56 Å². The van der Waals surface area contributed by atoms with E-state index in [0.29, 0.717) is 21.6 Å². The van der Waals surface area contributed by atoms with Crippen LogP contribution in [0.15, 0.2) is 58.9 Å². The van der Waals surface area contributed by atoms with Crippen molar-refractivity contribution in [1.29, 1.82) is 0 Å². The van der Waals surface area contributed by atoms with Crippen LogP contribution in [0.5, 0.6) is 11.5 Å². The first-order valence-electron chi connectivity index (χ1n) is 11.0. The fourth-order valence-corrected chi connectivity index (χ4v) is 5.26. The van der Waals surface area contributed by atoms with Crippen molar-refractivity contribution in [2.45, 2.75) is 12.8 Å². The number of nitrogens with zero attached hydrogens (tertiary/aromatic N) is 1. The molecule has 0 spiro atoms. The van der Waals surface area contributed by atoms with Crippen molar-refractivity contribution in [3.63, 3.8) is 0 Å². The number of benzene rings is 2. The normalized spacial score (nSPS) is 15.5. The molecule has 186 valence electrons. The Morgan fingerprint density at radius 1 is 1.00 bits per heavy atom. The van der Waals surface area contributed by atoms with Gasteiger partial charge in [-0.25, -0.2) is 4.79 Å². The van der Waals surface area contributed by atoms with E-state index in [4.69, 9.17) is 25.7 Å². The molecular formula is C26H25N3O6S. The first-order chi connectivity index (χ1) is 17.3. The van der Waals surface area contributed by atoms with Crippen molar-refractivity contribution in [3.05, 3.63) is 84.8 Å². The predicted molar refractivity (Wildman–Crippen MR) is 137 cm³/mol. The summed E-state index contributed by atoms with van der Waals surface area (Å²) >= 11 is 1.07. The highest BCUT2D eigenvalue weighted by Gasteiger charge is 2.38. The molecule has 1 aromatic heterocycles. The standard InChI is InChI=1S/C26H25N3O6S/c1-4-35-26(32)20-19(15-7-11-17(34-3)12-8-15)21(23(28)30)25-29(22(20)27)24(31)18(36-25)13-14-5-9-16(33-2)10-6-14/h5-13,19H,4,27H2,1-3H3,(H2,28,30). The Labute approximate surface area is 210 Å². The Bertz CT molecular complexity index is 1530. The molecule has 4 rings (SSSR count). The Morgan fingerprint density at radius 3 is 2.11 bits per heavy atom. The molecule has 1 atom stereocenters. The molecule has 36 heavy (non-hydrogen) atoms. The van der Waals surface area contributed by atoms with Gasteiger partial charge in [0.05, 0.1) is 42.4 Å². The number of amides is 1. The molecule has 4 N–H and O–H groups in total. The van der Waals surface area contributed by atoms with E-state index < -0.39 is 23.4 Å². The number of hydrogen-bond donors (Lipinski definition) is 2. The molecule has 0 bridgehead atoms. The number of ether oxygens (including phenoxy) is 3. The number of nitrogens with two attached hydrogens (primary N) is 2. The van der Waals surface area contributed by atoms with Gasteiger partial charge in [-0.1, -0.05) is 24.3 Å². The second-order valence-corrected chi connectivity index (χ2v) is 8.86. The molecule has 0 saturated carbocycles. The van der Waals surface area contributed by atoms with Gasteiger partial charge in [0, 0.05) is 0 Å². The summed E-state index contributed by atoms with van der Waals surface area (Å²) in [4.78, 5) is 39.3. The molecule has 10 heteroatoms. The number of thiazole rings is 1. The fourth-order valence-electron chi connectivity index (χ4n) is 4.08. The van der Waals surface area contributed by atoms with Crippen LogP contribution in [0.3, 0.4) is 0 Å². The van der Waals surface area contributed by atoms with Gasteiger partial charge in [-0.3, -0.25) is 14.2 Å².